The molecule has 0 bridgehead atoms. The van der Waals surface area contributed by atoms with Gasteiger partial charge in [0.05, 0.1) is 11.3 Å². The van der Waals surface area contributed by atoms with E-state index >= 15 is 0 Å². The fraction of sp³-hybridized carbons (Fsp3) is 0.0714. The lowest BCUT2D eigenvalue weighted by molar-refractivity contribution is 0.102. The van der Waals surface area contributed by atoms with E-state index in [1.165, 1.54) is 24.3 Å². The predicted octanol–water partition coefficient (Wildman–Crippen LogP) is 3.85. The standard InChI is InChI=1S/C14H11BrFNO2/c1-8-2-5-11(16)12(6-8)17-14(19)10-4-3-9(15)7-13(10)18/h2-7,18H,1H3,(H,17,19). The van der Waals surface area contributed by atoms with E-state index in [9.17, 15) is 14.3 Å². The zero-order valence-electron chi connectivity index (χ0n) is 10.1. The van der Waals surface area contributed by atoms with Crippen molar-refractivity contribution in [3.63, 3.8) is 0 Å². The number of rotatable bonds is 2. The summed E-state index contributed by atoms with van der Waals surface area (Å²) < 4.78 is 14.2. The van der Waals surface area contributed by atoms with Crippen LogP contribution >= 0.6 is 15.9 Å². The summed E-state index contributed by atoms with van der Waals surface area (Å²) in [5.41, 5.74) is 1.01. The highest BCUT2D eigenvalue weighted by atomic mass is 79.9. The van der Waals surface area contributed by atoms with Crippen LogP contribution in [0.15, 0.2) is 40.9 Å². The molecule has 0 aliphatic carbocycles. The van der Waals surface area contributed by atoms with Crippen molar-refractivity contribution in [3.8, 4) is 5.75 Å². The monoisotopic (exact) mass is 323 g/mol. The highest BCUT2D eigenvalue weighted by Gasteiger charge is 2.13. The molecule has 0 radical (unpaired) electrons. The minimum atomic E-state index is -0.561. The van der Waals surface area contributed by atoms with Crippen LogP contribution in [-0.2, 0) is 0 Å². The van der Waals surface area contributed by atoms with Crippen molar-refractivity contribution < 1.29 is 14.3 Å². The van der Waals surface area contributed by atoms with E-state index in [2.05, 4.69) is 21.2 Å². The number of nitrogens with one attached hydrogen (secondary N) is 1. The number of phenolic OH excluding ortho intramolecular Hbond substituents is 1. The zero-order valence-corrected chi connectivity index (χ0v) is 11.7. The molecule has 0 aromatic heterocycles. The summed E-state index contributed by atoms with van der Waals surface area (Å²) in [6, 6.07) is 8.92. The molecule has 0 saturated carbocycles. The van der Waals surface area contributed by atoms with Crippen LogP contribution in [0.1, 0.15) is 15.9 Å². The summed E-state index contributed by atoms with van der Waals surface area (Å²) in [5, 5.41) is 12.1. The molecule has 5 heteroatoms. The van der Waals surface area contributed by atoms with Crippen molar-refractivity contribution in [2.75, 3.05) is 5.32 Å². The van der Waals surface area contributed by atoms with E-state index in [0.29, 0.717) is 4.47 Å². The predicted molar refractivity (Wildman–Crippen MR) is 74.9 cm³/mol. The SMILES string of the molecule is Cc1ccc(F)c(NC(=O)c2ccc(Br)cc2O)c1. The number of hydrogen-bond donors (Lipinski definition) is 2. The quantitative estimate of drug-likeness (QED) is 0.881. The second kappa shape index (κ2) is 5.40. The average molecular weight is 324 g/mol. The molecule has 19 heavy (non-hydrogen) atoms. The van der Waals surface area contributed by atoms with Gasteiger partial charge >= 0.3 is 0 Å². The van der Waals surface area contributed by atoms with Crippen LogP contribution in [0.4, 0.5) is 10.1 Å². The van der Waals surface area contributed by atoms with E-state index in [-0.39, 0.29) is 17.0 Å². The molecule has 0 aliphatic rings. The van der Waals surface area contributed by atoms with Crippen LogP contribution in [0.5, 0.6) is 5.75 Å². The molecule has 2 N–H and O–H groups in total. The highest BCUT2D eigenvalue weighted by Crippen LogP contribution is 2.24. The fourth-order valence-electron chi connectivity index (χ4n) is 1.62. The van der Waals surface area contributed by atoms with Crippen LogP contribution in [0, 0.1) is 12.7 Å². The topological polar surface area (TPSA) is 49.3 Å². The van der Waals surface area contributed by atoms with Gasteiger partial charge in [0.25, 0.3) is 5.91 Å². The Morgan fingerprint density at radius 2 is 2.00 bits per heavy atom. The molecule has 1 amide bonds. The molecule has 0 atom stereocenters. The number of aryl methyl sites for hydroxylation is 1. The van der Waals surface area contributed by atoms with Crippen LogP contribution in [0.3, 0.4) is 0 Å². The smallest absolute Gasteiger partial charge is 0.259 e. The maximum Gasteiger partial charge on any atom is 0.259 e. The van der Waals surface area contributed by atoms with Gasteiger partial charge < -0.3 is 10.4 Å². The minimum Gasteiger partial charge on any atom is -0.507 e. The van der Waals surface area contributed by atoms with Gasteiger partial charge in [-0.05, 0) is 42.8 Å². The summed E-state index contributed by atoms with van der Waals surface area (Å²) >= 11 is 3.18. The third-order valence-corrected chi connectivity index (χ3v) is 3.07. The normalized spacial score (nSPS) is 10.3. The first-order valence-corrected chi connectivity index (χ1v) is 6.32. The number of carbonyl (C=O) groups excluding carboxylic acids is 1. The van der Waals surface area contributed by atoms with Gasteiger partial charge in [-0.2, -0.15) is 0 Å². The summed E-state index contributed by atoms with van der Waals surface area (Å²) in [4.78, 5) is 12.0. The Bertz CT molecular complexity index is 643. The van der Waals surface area contributed by atoms with E-state index < -0.39 is 11.7 Å². The summed E-state index contributed by atoms with van der Waals surface area (Å²) in [5.74, 6) is -1.25. The first-order valence-electron chi connectivity index (χ1n) is 5.53. The molecule has 2 aromatic rings. The summed E-state index contributed by atoms with van der Waals surface area (Å²) in [6.07, 6.45) is 0. The number of carbonyl (C=O) groups is 1. The summed E-state index contributed by atoms with van der Waals surface area (Å²) in [7, 11) is 0. The van der Waals surface area contributed by atoms with Gasteiger partial charge in [-0.3, -0.25) is 4.79 Å². The van der Waals surface area contributed by atoms with Crippen molar-refractivity contribution in [2.24, 2.45) is 0 Å². The lowest BCUT2D eigenvalue weighted by Crippen LogP contribution is -2.13. The van der Waals surface area contributed by atoms with Gasteiger partial charge in [0, 0.05) is 4.47 Å². The van der Waals surface area contributed by atoms with Crippen molar-refractivity contribution in [1.29, 1.82) is 0 Å². The maximum absolute atomic E-state index is 13.5. The van der Waals surface area contributed by atoms with Gasteiger partial charge in [-0.1, -0.05) is 22.0 Å². The first-order chi connectivity index (χ1) is 8.97. The lowest BCUT2D eigenvalue weighted by atomic mass is 10.1. The van der Waals surface area contributed by atoms with Crippen LogP contribution in [-0.4, -0.2) is 11.0 Å². The third kappa shape index (κ3) is 3.12. The molecule has 2 rings (SSSR count). The molecular weight excluding hydrogens is 313 g/mol. The van der Waals surface area contributed by atoms with Crippen LogP contribution in [0.2, 0.25) is 0 Å². The molecule has 0 heterocycles. The van der Waals surface area contributed by atoms with Gasteiger partial charge in [-0.25, -0.2) is 4.39 Å². The molecule has 0 spiro atoms. The van der Waals surface area contributed by atoms with Crippen molar-refractivity contribution in [2.45, 2.75) is 6.92 Å². The molecule has 0 saturated heterocycles. The summed E-state index contributed by atoms with van der Waals surface area (Å²) in [6.45, 7) is 1.80. The second-order valence-electron chi connectivity index (χ2n) is 4.10. The number of anilines is 1. The molecule has 0 fully saturated rings. The average Bonchev–Trinajstić information content (AvgIpc) is 2.33. The number of benzene rings is 2. The Morgan fingerprint density at radius 3 is 2.68 bits per heavy atom. The Balaban J connectivity index is 2.28. The Morgan fingerprint density at radius 1 is 1.26 bits per heavy atom. The van der Waals surface area contributed by atoms with E-state index in [4.69, 9.17) is 0 Å². The number of halogens is 2. The lowest BCUT2D eigenvalue weighted by Gasteiger charge is -2.08. The number of aromatic hydroxyl groups is 1. The molecule has 0 unspecified atom stereocenters. The molecule has 3 nitrogen and oxygen atoms in total. The highest BCUT2D eigenvalue weighted by molar-refractivity contribution is 9.10. The Kier molecular flexibility index (Phi) is 3.85. The number of hydrogen-bond acceptors (Lipinski definition) is 2. The second-order valence-corrected chi connectivity index (χ2v) is 5.01. The fourth-order valence-corrected chi connectivity index (χ4v) is 1.97. The van der Waals surface area contributed by atoms with Gasteiger partial charge in [0.2, 0.25) is 0 Å². The molecule has 0 aliphatic heterocycles. The van der Waals surface area contributed by atoms with E-state index in [1.807, 2.05) is 0 Å². The molecule has 2 aromatic carbocycles. The Labute approximate surface area is 118 Å². The van der Waals surface area contributed by atoms with E-state index in [0.717, 1.165) is 5.56 Å². The number of amides is 1. The third-order valence-electron chi connectivity index (χ3n) is 2.57. The maximum atomic E-state index is 13.5. The van der Waals surface area contributed by atoms with Crippen molar-refractivity contribution in [3.05, 3.63) is 57.8 Å². The van der Waals surface area contributed by atoms with Gasteiger partial charge in [0.1, 0.15) is 11.6 Å². The largest absolute Gasteiger partial charge is 0.507 e. The van der Waals surface area contributed by atoms with E-state index in [1.54, 1.807) is 19.1 Å². The van der Waals surface area contributed by atoms with Gasteiger partial charge in [-0.15, -0.1) is 0 Å². The van der Waals surface area contributed by atoms with Gasteiger partial charge in [0.15, 0.2) is 0 Å². The first kappa shape index (κ1) is 13.5. The van der Waals surface area contributed by atoms with Crippen molar-refractivity contribution in [1.82, 2.24) is 0 Å². The zero-order chi connectivity index (χ0) is 14.0. The number of phenols is 1. The minimum absolute atomic E-state index is 0.0871. The van der Waals surface area contributed by atoms with Crippen LogP contribution < -0.4 is 5.32 Å². The Hall–Kier alpha value is -1.88. The molecular formula is C14H11BrFNO2. The van der Waals surface area contributed by atoms with Crippen LogP contribution in [0.25, 0.3) is 0 Å². The molecule has 98 valence electrons. The van der Waals surface area contributed by atoms with Crippen molar-refractivity contribution >= 4 is 27.5 Å².